The molecule has 0 saturated heterocycles. The highest BCUT2D eigenvalue weighted by Crippen LogP contribution is 2.36. The molecule has 0 aliphatic rings. The van der Waals surface area contributed by atoms with Crippen molar-refractivity contribution in [2.45, 2.75) is 37.2 Å². The zero-order valence-electron chi connectivity index (χ0n) is 15.1. The van der Waals surface area contributed by atoms with E-state index >= 15 is 0 Å². The van der Waals surface area contributed by atoms with Gasteiger partial charge < -0.3 is 8.98 Å². The molecule has 0 bridgehead atoms. The van der Waals surface area contributed by atoms with Gasteiger partial charge in [0.25, 0.3) is 0 Å². The van der Waals surface area contributed by atoms with Crippen LogP contribution in [0, 0.1) is 0 Å². The Morgan fingerprint density at radius 1 is 1.15 bits per heavy atom. The lowest BCUT2D eigenvalue weighted by Crippen LogP contribution is -2.00. The first-order chi connectivity index (χ1) is 13.2. The van der Waals surface area contributed by atoms with Crippen molar-refractivity contribution in [2.24, 2.45) is 0 Å². The summed E-state index contributed by atoms with van der Waals surface area (Å²) in [5.74, 6) is 1.12. The molecule has 4 aromatic rings. The van der Waals surface area contributed by atoms with Crippen LogP contribution in [0.1, 0.15) is 31.4 Å². The minimum atomic E-state index is -0.0159. The van der Waals surface area contributed by atoms with E-state index in [1.165, 1.54) is 0 Å². The monoisotopic (exact) mass is 398 g/mol. The van der Waals surface area contributed by atoms with Crippen LogP contribution >= 0.6 is 23.4 Å². The van der Waals surface area contributed by atoms with E-state index < -0.39 is 0 Å². The number of thioether (sulfide) groups is 1. The first-order valence-corrected chi connectivity index (χ1v) is 10.1. The fourth-order valence-corrected chi connectivity index (χ4v) is 4.06. The second-order valence-corrected chi connectivity index (χ2v) is 8.00. The van der Waals surface area contributed by atoms with Crippen molar-refractivity contribution in [3.05, 3.63) is 59.4 Å². The van der Waals surface area contributed by atoms with Crippen LogP contribution in [0.5, 0.6) is 0 Å². The fourth-order valence-electron chi connectivity index (χ4n) is 2.92. The fraction of sp³-hybridized carbons (Fsp3) is 0.250. The Labute approximate surface area is 166 Å². The summed E-state index contributed by atoms with van der Waals surface area (Å²) in [7, 11) is 0. The lowest BCUT2D eigenvalue weighted by Gasteiger charge is -2.09. The summed E-state index contributed by atoms with van der Waals surface area (Å²) in [4.78, 5) is 4.77. The molecule has 0 fully saturated rings. The van der Waals surface area contributed by atoms with Crippen molar-refractivity contribution < 1.29 is 4.42 Å². The third-order valence-electron chi connectivity index (χ3n) is 4.21. The van der Waals surface area contributed by atoms with Crippen LogP contribution in [0.25, 0.3) is 22.5 Å². The largest absolute Gasteiger partial charge is 0.419 e. The van der Waals surface area contributed by atoms with E-state index in [9.17, 15) is 0 Å². The molecular weight excluding hydrogens is 380 g/mol. The zero-order chi connectivity index (χ0) is 18.8. The maximum absolute atomic E-state index is 6.13. The minimum Gasteiger partial charge on any atom is -0.419 e. The molecule has 0 radical (unpaired) electrons. The van der Waals surface area contributed by atoms with E-state index in [4.69, 9.17) is 21.0 Å². The minimum absolute atomic E-state index is 0.0159. The number of aryl methyl sites for hydroxylation is 1. The summed E-state index contributed by atoms with van der Waals surface area (Å²) in [6.07, 6.45) is 1.02. The number of hydrogen-bond donors (Lipinski definition) is 0. The Kier molecular flexibility index (Phi) is 5.18. The molecule has 0 amide bonds. The highest BCUT2D eigenvalue weighted by Gasteiger charge is 2.20. The van der Waals surface area contributed by atoms with Crippen molar-refractivity contribution in [2.75, 3.05) is 0 Å². The van der Waals surface area contributed by atoms with Crippen LogP contribution in [0.15, 0.2) is 58.1 Å². The van der Waals surface area contributed by atoms with Crippen molar-refractivity contribution in [1.82, 2.24) is 19.7 Å². The normalized spacial score (nSPS) is 12.6. The van der Waals surface area contributed by atoms with Gasteiger partial charge in [-0.15, -0.1) is 10.2 Å². The first-order valence-electron chi connectivity index (χ1n) is 8.87. The first kappa shape index (κ1) is 18.1. The number of benzene rings is 2. The lowest BCUT2D eigenvalue weighted by atomic mass is 10.2. The predicted molar refractivity (Wildman–Crippen MR) is 109 cm³/mol. The average Bonchev–Trinajstić information content (AvgIpc) is 3.28. The second kappa shape index (κ2) is 7.74. The van der Waals surface area contributed by atoms with Gasteiger partial charge in [0.2, 0.25) is 11.8 Å². The van der Waals surface area contributed by atoms with Gasteiger partial charge in [0.05, 0.1) is 16.3 Å². The summed E-state index contributed by atoms with van der Waals surface area (Å²) in [5, 5.41) is 10.0. The summed E-state index contributed by atoms with van der Waals surface area (Å²) in [6.45, 7) is 5.10. The van der Waals surface area contributed by atoms with Gasteiger partial charge in [0.15, 0.2) is 5.16 Å². The lowest BCUT2D eigenvalue weighted by molar-refractivity contribution is 0.508. The third kappa shape index (κ3) is 3.73. The van der Waals surface area contributed by atoms with Gasteiger partial charge in [0.1, 0.15) is 0 Å². The predicted octanol–water partition coefficient (Wildman–Crippen LogP) is 6.00. The molecule has 27 heavy (non-hydrogen) atoms. The zero-order valence-corrected chi connectivity index (χ0v) is 16.7. The number of imidazole rings is 1. The molecule has 2 aromatic carbocycles. The molecule has 5 nitrogen and oxygen atoms in total. The highest BCUT2D eigenvalue weighted by atomic mass is 35.5. The number of nitrogens with zero attached hydrogens (tertiary/aromatic N) is 4. The molecule has 4 rings (SSSR count). The van der Waals surface area contributed by atoms with Crippen LogP contribution < -0.4 is 0 Å². The van der Waals surface area contributed by atoms with Crippen molar-refractivity contribution in [1.29, 1.82) is 0 Å². The molecule has 0 aliphatic heterocycles. The number of hydrogen-bond acceptors (Lipinski definition) is 5. The number of fused-ring (bicyclic) bond motifs is 1. The molecular formula is C20H19ClN4OS. The van der Waals surface area contributed by atoms with Crippen LogP contribution in [0.3, 0.4) is 0 Å². The number of aromatic nitrogens is 4. The standard InChI is InChI=1S/C20H19ClN4OS/c1-3-11-25-17-10-9-15(21)12-16(17)22-20(25)27-13(2)18-23-24-19(26-18)14-7-5-4-6-8-14/h4-10,12-13H,3,11H2,1-2H3/t13-/m0/s1. The summed E-state index contributed by atoms with van der Waals surface area (Å²) in [5.41, 5.74) is 2.91. The smallest absolute Gasteiger partial charge is 0.247 e. The van der Waals surface area contributed by atoms with E-state index in [1.807, 2.05) is 48.5 Å². The maximum atomic E-state index is 6.13. The van der Waals surface area contributed by atoms with E-state index in [-0.39, 0.29) is 5.25 Å². The quantitative estimate of drug-likeness (QED) is 0.372. The van der Waals surface area contributed by atoms with Gasteiger partial charge in [-0.3, -0.25) is 0 Å². The summed E-state index contributed by atoms with van der Waals surface area (Å²) >= 11 is 7.75. The van der Waals surface area contributed by atoms with Crippen LogP contribution in [0.4, 0.5) is 0 Å². The Balaban J connectivity index is 1.62. The maximum Gasteiger partial charge on any atom is 0.247 e. The van der Waals surface area contributed by atoms with E-state index in [2.05, 4.69) is 28.6 Å². The van der Waals surface area contributed by atoms with Gasteiger partial charge in [-0.25, -0.2) is 4.98 Å². The Bertz CT molecular complexity index is 1060. The van der Waals surface area contributed by atoms with Crippen LogP contribution in [-0.2, 0) is 6.54 Å². The number of rotatable bonds is 6. The van der Waals surface area contributed by atoms with E-state index in [0.717, 1.165) is 34.7 Å². The van der Waals surface area contributed by atoms with Gasteiger partial charge in [-0.05, 0) is 43.7 Å². The van der Waals surface area contributed by atoms with Crippen LogP contribution in [0.2, 0.25) is 5.02 Å². The highest BCUT2D eigenvalue weighted by molar-refractivity contribution is 7.99. The third-order valence-corrected chi connectivity index (χ3v) is 5.53. The molecule has 2 aromatic heterocycles. The number of halogens is 1. The van der Waals surface area contributed by atoms with Gasteiger partial charge in [-0.2, -0.15) is 0 Å². The summed E-state index contributed by atoms with van der Waals surface area (Å²) < 4.78 is 8.12. The SMILES string of the molecule is CCCn1c(S[C@@H](C)c2nnc(-c3ccccc3)o2)nc2cc(Cl)ccc21. The summed E-state index contributed by atoms with van der Waals surface area (Å²) in [6, 6.07) is 15.6. The molecule has 0 saturated carbocycles. The topological polar surface area (TPSA) is 56.7 Å². The molecule has 0 aliphatic carbocycles. The molecule has 0 spiro atoms. The van der Waals surface area contributed by atoms with Crippen molar-refractivity contribution >= 4 is 34.4 Å². The molecule has 2 heterocycles. The van der Waals surface area contributed by atoms with E-state index in [1.54, 1.807) is 11.8 Å². The Morgan fingerprint density at radius 3 is 2.74 bits per heavy atom. The van der Waals surface area contributed by atoms with Crippen molar-refractivity contribution in [3.63, 3.8) is 0 Å². The van der Waals surface area contributed by atoms with E-state index in [0.29, 0.717) is 16.8 Å². The molecule has 0 unspecified atom stereocenters. The van der Waals surface area contributed by atoms with Gasteiger partial charge >= 0.3 is 0 Å². The Morgan fingerprint density at radius 2 is 1.96 bits per heavy atom. The second-order valence-electron chi connectivity index (χ2n) is 6.25. The van der Waals surface area contributed by atoms with Crippen LogP contribution in [-0.4, -0.2) is 19.7 Å². The average molecular weight is 399 g/mol. The van der Waals surface area contributed by atoms with Crippen molar-refractivity contribution in [3.8, 4) is 11.5 Å². The van der Waals surface area contributed by atoms with Gasteiger partial charge in [0, 0.05) is 17.1 Å². The molecule has 1 atom stereocenters. The molecule has 0 N–H and O–H groups in total. The van der Waals surface area contributed by atoms with Gasteiger partial charge in [-0.1, -0.05) is 48.5 Å². The molecule has 7 heteroatoms. The molecule has 138 valence electrons. The Hall–Kier alpha value is -2.31.